The number of hydrogen-bond acceptors (Lipinski definition) is 0. The number of rotatable bonds is 2. The lowest BCUT2D eigenvalue weighted by molar-refractivity contribution is 0.605. The zero-order valence-electron chi connectivity index (χ0n) is 13.3. The average molecular weight is 430 g/mol. The van der Waals surface area contributed by atoms with Gasteiger partial charge in [-0.15, -0.1) is 0 Å². The van der Waals surface area contributed by atoms with Gasteiger partial charge in [0.1, 0.15) is 0 Å². The first-order valence-corrected chi connectivity index (χ1v) is 9.54. The molecular formula is C21H18Br2. The van der Waals surface area contributed by atoms with E-state index in [0.717, 1.165) is 17.3 Å². The van der Waals surface area contributed by atoms with Crippen molar-refractivity contribution in [3.8, 4) is 11.1 Å². The summed E-state index contributed by atoms with van der Waals surface area (Å²) >= 11 is 7.44. The molecule has 0 amide bonds. The van der Waals surface area contributed by atoms with E-state index in [2.05, 4.69) is 94.3 Å². The molecule has 0 saturated heterocycles. The molecule has 0 nitrogen and oxygen atoms in total. The first-order chi connectivity index (χ1) is 11.0. The molecule has 2 heteroatoms. The van der Waals surface area contributed by atoms with Gasteiger partial charge in [0.2, 0.25) is 0 Å². The molecule has 0 heterocycles. The second-order valence-electron chi connectivity index (χ2n) is 6.88. The first kappa shape index (κ1) is 15.4. The number of fused-ring (bicyclic) bond motifs is 3. The molecule has 0 bridgehead atoms. The van der Waals surface area contributed by atoms with Crippen molar-refractivity contribution in [1.82, 2.24) is 0 Å². The van der Waals surface area contributed by atoms with Crippen LogP contribution in [0.15, 0.2) is 63.1 Å². The molecule has 0 fully saturated rings. The van der Waals surface area contributed by atoms with Crippen LogP contribution in [0.5, 0.6) is 0 Å². The molecule has 116 valence electrons. The van der Waals surface area contributed by atoms with Gasteiger partial charge in [-0.2, -0.15) is 0 Å². The van der Waals surface area contributed by atoms with Gasteiger partial charge in [-0.05, 0) is 58.9 Å². The summed E-state index contributed by atoms with van der Waals surface area (Å²) in [4.78, 5) is 0. The Bertz CT molecular complexity index is 870. The molecule has 0 N–H and O–H groups in total. The second kappa shape index (κ2) is 5.46. The summed E-state index contributed by atoms with van der Waals surface area (Å²) < 4.78 is 2.38. The number of halogens is 2. The molecule has 2 aliphatic carbocycles. The highest BCUT2D eigenvalue weighted by atomic mass is 79.9. The summed E-state index contributed by atoms with van der Waals surface area (Å²) in [5, 5.41) is 0. The smallest absolute Gasteiger partial charge is 0.0219 e. The molecule has 2 aliphatic rings. The van der Waals surface area contributed by atoms with E-state index < -0.39 is 0 Å². The van der Waals surface area contributed by atoms with E-state index in [1.807, 2.05) is 0 Å². The Hall–Kier alpha value is -1.12. The molecule has 0 saturated carbocycles. The first-order valence-electron chi connectivity index (χ1n) is 7.95. The van der Waals surface area contributed by atoms with Crippen LogP contribution in [0.3, 0.4) is 0 Å². The predicted molar refractivity (Wildman–Crippen MR) is 105 cm³/mol. The van der Waals surface area contributed by atoms with E-state index in [9.17, 15) is 0 Å². The van der Waals surface area contributed by atoms with Gasteiger partial charge < -0.3 is 0 Å². The van der Waals surface area contributed by atoms with Gasteiger partial charge in [0.15, 0.2) is 0 Å². The van der Waals surface area contributed by atoms with Crippen LogP contribution in [-0.4, -0.2) is 0 Å². The van der Waals surface area contributed by atoms with Crippen molar-refractivity contribution in [1.29, 1.82) is 0 Å². The Kier molecular flexibility index (Phi) is 3.66. The van der Waals surface area contributed by atoms with Gasteiger partial charge in [0.25, 0.3) is 0 Å². The summed E-state index contributed by atoms with van der Waals surface area (Å²) in [5.41, 5.74) is 8.64. The standard InChI is InChI=1S/C21H18Br2/c1-21(2,14-5-3-4-6-14)20-18-12-13-11-15(22)7-8-16(13)17(18)9-10-19(20)23/h3-5,7-11H,6,12H2,1-2H3. The minimum atomic E-state index is 0.0347. The summed E-state index contributed by atoms with van der Waals surface area (Å²) in [5.74, 6) is 0. The van der Waals surface area contributed by atoms with Crippen LogP contribution in [0.1, 0.15) is 37.0 Å². The van der Waals surface area contributed by atoms with Crippen molar-refractivity contribution in [3.05, 3.63) is 79.8 Å². The van der Waals surface area contributed by atoms with Crippen LogP contribution < -0.4 is 0 Å². The quantitative estimate of drug-likeness (QED) is 0.413. The minimum Gasteiger partial charge on any atom is -0.0804 e. The molecule has 0 aromatic heterocycles. The average Bonchev–Trinajstić information content (AvgIpc) is 3.13. The van der Waals surface area contributed by atoms with Crippen LogP contribution in [0, 0.1) is 0 Å². The second-order valence-corrected chi connectivity index (χ2v) is 8.65. The third-order valence-electron chi connectivity index (χ3n) is 5.19. The van der Waals surface area contributed by atoms with Crippen LogP contribution in [-0.2, 0) is 11.8 Å². The van der Waals surface area contributed by atoms with E-state index in [4.69, 9.17) is 0 Å². The van der Waals surface area contributed by atoms with E-state index in [0.29, 0.717) is 0 Å². The van der Waals surface area contributed by atoms with Crippen molar-refractivity contribution in [2.45, 2.75) is 32.1 Å². The Morgan fingerprint density at radius 1 is 1.00 bits per heavy atom. The Labute approximate surface area is 154 Å². The van der Waals surface area contributed by atoms with E-state index in [1.165, 1.54) is 37.9 Å². The minimum absolute atomic E-state index is 0.0347. The lowest BCUT2D eigenvalue weighted by atomic mass is 9.74. The molecular weight excluding hydrogens is 412 g/mol. The van der Waals surface area contributed by atoms with Crippen molar-refractivity contribution in [3.63, 3.8) is 0 Å². The van der Waals surface area contributed by atoms with Crippen molar-refractivity contribution in [2.75, 3.05) is 0 Å². The van der Waals surface area contributed by atoms with Crippen LogP contribution in [0.2, 0.25) is 0 Å². The fourth-order valence-electron chi connectivity index (χ4n) is 3.96. The van der Waals surface area contributed by atoms with E-state index >= 15 is 0 Å². The van der Waals surface area contributed by atoms with Crippen molar-refractivity contribution in [2.24, 2.45) is 0 Å². The van der Waals surface area contributed by atoms with Gasteiger partial charge in [-0.1, -0.05) is 81.6 Å². The SMILES string of the molecule is CC(C)(C1=CC=CC1)c1c(Br)ccc2c1Cc1cc(Br)ccc1-2. The topological polar surface area (TPSA) is 0 Å². The number of benzene rings is 2. The summed E-state index contributed by atoms with van der Waals surface area (Å²) in [6.45, 7) is 4.70. The molecule has 2 aromatic carbocycles. The van der Waals surface area contributed by atoms with Gasteiger partial charge >= 0.3 is 0 Å². The predicted octanol–water partition coefficient (Wildman–Crippen LogP) is 6.95. The van der Waals surface area contributed by atoms with Gasteiger partial charge in [0, 0.05) is 14.4 Å². The van der Waals surface area contributed by atoms with Crippen LogP contribution >= 0.6 is 31.9 Å². The maximum absolute atomic E-state index is 3.84. The third-order valence-corrected chi connectivity index (χ3v) is 6.34. The summed E-state index contributed by atoms with van der Waals surface area (Å²) in [7, 11) is 0. The molecule has 2 aromatic rings. The fraction of sp³-hybridized carbons (Fsp3) is 0.238. The summed E-state index contributed by atoms with van der Waals surface area (Å²) in [6, 6.07) is 11.1. The highest BCUT2D eigenvalue weighted by Gasteiger charge is 2.33. The Morgan fingerprint density at radius 3 is 2.52 bits per heavy atom. The lowest BCUT2D eigenvalue weighted by Crippen LogP contribution is -2.22. The largest absolute Gasteiger partial charge is 0.0804 e. The van der Waals surface area contributed by atoms with Gasteiger partial charge in [-0.25, -0.2) is 0 Å². The van der Waals surface area contributed by atoms with Crippen molar-refractivity contribution < 1.29 is 0 Å². The van der Waals surface area contributed by atoms with Crippen molar-refractivity contribution >= 4 is 31.9 Å². The Morgan fingerprint density at radius 2 is 1.78 bits per heavy atom. The number of allylic oxidation sites excluding steroid dienone is 4. The third kappa shape index (κ3) is 2.38. The zero-order valence-corrected chi connectivity index (χ0v) is 16.5. The fourth-order valence-corrected chi connectivity index (χ4v) is 5.24. The van der Waals surface area contributed by atoms with E-state index in [-0.39, 0.29) is 5.41 Å². The normalized spacial score (nSPS) is 15.6. The Balaban J connectivity index is 1.91. The lowest BCUT2D eigenvalue weighted by Gasteiger charge is -2.31. The van der Waals surface area contributed by atoms with Crippen LogP contribution in [0.4, 0.5) is 0 Å². The molecule has 23 heavy (non-hydrogen) atoms. The van der Waals surface area contributed by atoms with Gasteiger partial charge in [-0.3, -0.25) is 0 Å². The zero-order chi connectivity index (χ0) is 16.2. The molecule has 0 atom stereocenters. The summed E-state index contributed by atoms with van der Waals surface area (Å²) in [6.07, 6.45) is 8.79. The molecule has 0 spiro atoms. The molecule has 4 rings (SSSR count). The number of hydrogen-bond donors (Lipinski definition) is 0. The van der Waals surface area contributed by atoms with Gasteiger partial charge in [0.05, 0.1) is 0 Å². The maximum Gasteiger partial charge on any atom is 0.0219 e. The molecule has 0 aliphatic heterocycles. The van der Waals surface area contributed by atoms with Crippen LogP contribution in [0.25, 0.3) is 11.1 Å². The highest BCUT2D eigenvalue weighted by Crippen LogP contribution is 2.48. The van der Waals surface area contributed by atoms with E-state index in [1.54, 1.807) is 0 Å². The maximum atomic E-state index is 3.84. The monoisotopic (exact) mass is 428 g/mol. The molecule has 0 radical (unpaired) electrons. The highest BCUT2D eigenvalue weighted by molar-refractivity contribution is 9.10. The molecule has 0 unspecified atom stereocenters.